The second kappa shape index (κ2) is 7.55. The molecule has 2 aromatic rings. The van der Waals surface area contributed by atoms with Gasteiger partial charge in [0.15, 0.2) is 0 Å². The molecule has 2 heterocycles. The van der Waals surface area contributed by atoms with Gasteiger partial charge in [-0.3, -0.25) is 9.78 Å². The van der Waals surface area contributed by atoms with Gasteiger partial charge in [-0.05, 0) is 55.7 Å². The molecule has 0 aliphatic carbocycles. The third-order valence-corrected chi connectivity index (χ3v) is 6.05. The van der Waals surface area contributed by atoms with Crippen molar-refractivity contribution < 1.29 is 13.2 Å². The summed E-state index contributed by atoms with van der Waals surface area (Å²) in [5, 5.41) is 0. The first-order valence-electron chi connectivity index (χ1n) is 8.70. The fraction of sp³-hybridized carbons (Fsp3) is 0.368. The molecule has 0 saturated carbocycles. The van der Waals surface area contributed by atoms with Gasteiger partial charge >= 0.3 is 0 Å². The zero-order valence-corrected chi connectivity index (χ0v) is 15.8. The van der Waals surface area contributed by atoms with Crippen LogP contribution in [0.4, 0.5) is 5.69 Å². The molecule has 1 unspecified atom stereocenters. The maximum atomic E-state index is 12.7. The highest BCUT2D eigenvalue weighted by Gasteiger charge is 2.24. The van der Waals surface area contributed by atoms with Gasteiger partial charge in [-0.1, -0.05) is 6.07 Å². The number of carbonyl (C=O) groups excluding carboxylic acids is 1. The maximum absolute atomic E-state index is 12.7. The maximum Gasteiger partial charge on any atom is 0.240 e. The molecule has 1 atom stereocenters. The monoisotopic (exact) mass is 373 g/mol. The SMILES string of the molecule is CC(=O)N1CCCc2cc(S(=O)(=O)NC(C)Cc3ccccn3)ccc21. The van der Waals surface area contributed by atoms with Gasteiger partial charge in [0.25, 0.3) is 0 Å². The lowest BCUT2D eigenvalue weighted by atomic mass is 10.0. The molecule has 7 heteroatoms. The van der Waals surface area contributed by atoms with E-state index in [0.29, 0.717) is 13.0 Å². The lowest BCUT2D eigenvalue weighted by Crippen LogP contribution is -2.35. The molecule has 138 valence electrons. The van der Waals surface area contributed by atoms with Gasteiger partial charge in [0.2, 0.25) is 15.9 Å². The summed E-state index contributed by atoms with van der Waals surface area (Å²) in [6.45, 7) is 4.02. The third kappa shape index (κ3) is 4.11. The summed E-state index contributed by atoms with van der Waals surface area (Å²) in [5.74, 6) is -0.0244. The minimum atomic E-state index is -3.63. The Bertz CT molecular complexity index is 898. The largest absolute Gasteiger partial charge is 0.312 e. The normalized spacial score (nSPS) is 15.4. The molecule has 26 heavy (non-hydrogen) atoms. The number of pyridine rings is 1. The van der Waals surface area contributed by atoms with Gasteiger partial charge < -0.3 is 4.90 Å². The Kier molecular flexibility index (Phi) is 5.38. The second-order valence-corrected chi connectivity index (χ2v) is 8.33. The summed E-state index contributed by atoms with van der Waals surface area (Å²) in [6, 6.07) is 10.3. The number of aromatic nitrogens is 1. The predicted molar refractivity (Wildman–Crippen MR) is 101 cm³/mol. The molecule has 6 nitrogen and oxygen atoms in total. The minimum Gasteiger partial charge on any atom is -0.312 e. The van der Waals surface area contributed by atoms with Crippen LogP contribution in [0.5, 0.6) is 0 Å². The molecular formula is C19H23N3O3S. The fourth-order valence-electron chi connectivity index (χ4n) is 3.27. The van der Waals surface area contributed by atoms with Crippen molar-refractivity contribution in [1.82, 2.24) is 9.71 Å². The van der Waals surface area contributed by atoms with E-state index in [1.165, 1.54) is 6.92 Å². The van der Waals surface area contributed by atoms with Gasteiger partial charge in [0.05, 0.1) is 4.90 Å². The smallest absolute Gasteiger partial charge is 0.240 e. The average Bonchev–Trinajstić information content (AvgIpc) is 2.60. The standard InChI is InChI=1S/C19H23N3O3S/c1-14(12-17-7-3-4-10-20-17)21-26(24,25)18-8-9-19-16(13-18)6-5-11-22(19)15(2)23/h3-4,7-10,13-14,21H,5-6,11-12H2,1-2H3. The molecule has 0 fully saturated rings. The molecule has 0 radical (unpaired) electrons. The van der Waals surface area contributed by atoms with Crippen molar-refractivity contribution in [2.45, 2.75) is 44.0 Å². The van der Waals surface area contributed by atoms with Crippen LogP contribution in [0, 0.1) is 0 Å². The summed E-state index contributed by atoms with van der Waals surface area (Å²) in [6.07, 6.45) is 3.81. The summed E-state index contributed by atoms with van der Waals surface area (Å²) in [4.78, 5) is 17.9. The van der Waals surface area contributed by atoms with Crippen LogP contribution >= 0.6 is 0 Å². The Hall–Kier alpha value is -2.25. The molecule has 1 aliphatic heterocycles. The van der Waals surface area contributed by atoms with Crippen molar-refractivity contribution in [2.75, 3.05) is 11.4 Å². The van der Waals surface area contributed by atoms with Gasteiger partial charge in [-0.25, -0.2) is 13.1 Å². The number of sulfonamides is 1. The number of nitrogens with one attached hydrogen (secondary N) is 1. The van der Waals surface area contributed by atoms with Crippen molar-refractivity contribution in [1.29, 1.82) is 0 Å². The number of hydrogen-bond donors (Lipinski definition) is 1. The van der Waals surface area contributed by atoms with E-state index < -0.39 is 10.0 Å². The van der Waals surface area contributed by atoms with E-state index in [0.717, 1.165) is 29.8 Å². The number of carbonyl (C=O) groups is 1. The van der Waals surface area contributed by atoms with E-state index in [-0.39, 0.29) is 16.8 Å². The zero-order chi connectivity index (χ0) is 18.7. The molecule has 1 amide bonds. The van der Waals surface area contributed by atoms with Gasteiger partial charge in [0, 0.05) is 43.5 Å². The van der Waals surface area contributed by atoms with E-state index in [1.54, 1.807) is 29.3 Å². The number of aryl methyl sites for hydroxylation is 1. The lowest BCUT2D eigenvalue weighted by molar-refractivity contribution is -0.116. The van der Waals surface area contributed by atoms with E-state index in [1.807, 2.05) is 25.1 Å². The summed E-state index contributed by atoms with van der Waals surface area (Å²) in [7, 11) is -3.63. The highest BCUT2D eigenvalue weighted by molar-refractivity contribution is 7.89. The van der Waals surface area contributed by atoms with E-state index >= 15 is 0 Å². The number of amides is 1. The first-order valence-corrected chi connectivity index (χ1v) is 10.2. The van der Waals surface area contributed by atoms with E-state index in [2.05, 4.69) is 9.71 Å². The molecule has 1 aliphatic rings. The number of fused-ring (bicyclic) bond motifs is 1. The topological polar surface area (TPSA) is 79.4 Å². The van der Waals surface area contributed by atoms with Crippen molar-refractivity contribution in [3.8, 4) is 0 Å². The van der Waals surface area contributed by atoms with Gasteiger partial charge in [0.1, 0.15) is 0 Å². The second-order valence-electron chi connectivity index (χ2n) is 6.61. The quantitative estimate of drug-likeness (QED) is 0.872. The Morgan fingerprint density at radius 3 is 2.81 bits per heavy atom. The molecule has 0 bridgehead atoms. The molecule has 1 aromatic carbocycles. The first kappa shape index (κ1) is 18.5. The van der Waals surface area contributed by atoms with Crippen LogP contribution in [0.15, 0.2) is 47.5 Å². The van der Waals surface area contributed by atoms with Crippen LogP contribution in [0.2, 0.25) is 0 Å². The Morgan fingerprint density at radius 1 is 1.31 bits per heavy atom. The van der Waals surface area contributed by atoms with Crippen molar-refractivity contribution >= 4 is 21.6 Å². The van der Waals surface area contributed by atoms with Crippen LogP contribution in [-0.4, -0.2) is 31.9 Å². The Morgan fingerprint density at radius 2 is 2.12 bits per heavy atom. The summed E-state index contributed by atoms with van der Waals surface area (Å²) < 4.78 is 28.2. The fourth-order valence-corrected chi connectivity index (χ4v) is 4.57. The van der Waals surface area contributed by atoms with Crippen molar-refractivity contribution in [2.24, 2.45) is 0 Å². The first-order chi connectivity index (χ1) is 12.4. The van der Waals surface area contributed by atoms with Crippen LogP contribution in [0.3, 0.4) is 0 Å². The van der Waals surface area contributed by atoms with Gasteiger partial charge in [-0.2, -0.15) is 0 Å². The number of nitrogens with zero attached hydrogens (tertiary/aromatic N) is 2. The number of anilines is 1. The number of hydrogen-bond acceptors (Lipinski definition) is 4. The van der Waals surface area contributed by atoms with Crippen LogP contribution in [0.1, 0.15) is 31.5 Å². The van der Waals surface area contributed by atoms with E-state index in [9.17, 15) is 13.2 Å². The number of rotatable bonds is 5. The van der Waals surface area contributed by atoms with Crippen molar-refractivity contribution in [3.05, 3.63) is 53.9 Å². The van der Waals surface area contributed by atoms with Crippen LogP contribution < -0.4 is 9.62 Å². The minimum absolute atomic E-state index is 0.0244. The average molecular weight is 373 g/mol. The molecule has 1 aromatic heterocycles. The van der Waals surface area contributed by atoms with Crippen LogP contribution in [0.25, 0.3) is 0 Å². The Balaban J connectivity index is 1.78. The zero-order valence-electron chi connectivity index (χ0n) is 15.0. The lowest BCUT2D eigenvalue weighted by Gasteiger charge is -2.29. The summed E-state index contributed by atoms with van der Waals surface area (Å²) in [5.41, 5.74) is 2.54. The molecule has 1 N–H and O–H groups in total. The molecule has 0 spiro atoms. The van der Waals surface area contributed by atoms with Crippen molar-refractivity contribution in [3.63, 3.8) is 0 Å². The van der Waals surface area contributed by atoms with Gasteiger partial charge in [-0.15, -0.1) is 0 Å². The molecule has 3 rings (SSSR count). The third-order valence-electron chi connectivity index (χ3n) is 4.46. The highest BCUT2D eigenvalue weighted by atomic mass is 32.2. The summed E-state index contributed by atoms with van der Waals surface area (Å²) >= 11 is 0. The molecular weight excluding hydrogens is 350 g/mol. The molecule has 0 saturated heterocycles. The van der Waals surface area contributed by atoms with Crippen LogP contribution in [-0.2, 0) is 27.7 Å². The highest BCUT2D eigenvalue weighted by Crippen LogP contribution is 2.29. The Labute approximate surface area is 154 Å². The number of benzene rings is 1. The predicted octanol–water partition coefficient (Wildman–Crippen LogP) is 2.29. The van der Waals surface area contributed by atoms with E-state index in [4.69, 9.17) is 0 Å².